The second-order valence-corrected chi connectivity index (χ2v) is 4.01. The van der Waals surface area contributed by atoms with Gasteiger partial charge in [0.05, 0.1) is 6.54 Å². The Morgan fingerprint density at radius 3 is 3.25 bits per heavy atom. The summed E-state index contributed by atoms with van der Waals surface area (Å²) in [5.41, 5.74) is 2.30. The fraction of sp³-hybridized carbons (Fsp3) is 0.462. The van der Waals surface area contributed by atoms with Crippen molar-refractivity contribution >= 4 is 0 Å². The van der Waals surface area contributed by atoms with E-state index in [4.69, 9.17) is 0 Å². The normalized spacial score (nSPS) is 18.4. The Bertz CT molecular complexity index is 479. The van der Waals surface area contributed by atoms with Crippen molar-refractivity contribution in [1.29, 1.82) is 0 Å². The van der Waals surface area contributed by atoms with Gasteiger partial charge in [-0.25, -0.2) is 0 Å². The number of hydrogen-bond acceptors (Lipinski definition) is 2. The summed E-state index contributed by atoms with van der Waals surface area (Å²) >= 11 is 0. The second-order valence-electron chi connectivity index (χ2n) is 4.01. The fourth-order valence-corrected chi connectivity index (χ4v) is 2.18. The smallest absolute Gasteiger partial charge is 0.248 e. The van der Waals surface area contributed by atoms with Crippen LogP contribution in [0, 0.1) is 11.8 Å². The molecular formula is C13H16N2O. The first-order valence-corrected chi connectivity index (χ1v) is 5.66. The molecule has 3 heteroatoms. The average molecular weight is 216 g/mol. The van der Waals surface area contributed by atoms with Crippen molar-refractivity contribution in [1.82, 2.24) is 10.3 Å². The summed E-state index contributed by atoms with van der Waals surface area (Å²) in [6, 6.07) is 3.87. The molecule has 3 nitrogen and oxygen atoms in total. The maximum Gasteiger partial charge on any atom is 0.248 e. The zero-order valence-electron chi connectivity index (χ0n) is 9.47. The minimum absolute atomic E-state index is 0.00671. The van der Waals surface area contributed by atoms with Crippen LogP contribution in [0.3, 0.4) is 0 Å². The van der Waals surface area contributed by atoms with E-state index < -0.39 is 0 Å². The summed E-state index contributed by atoms with van der Waals surface area (Å²) < 4.78 is 0. The Kier molecular flexibility index (Phi) is 3.43. The van der Waals surface area contributed by atoms with Gasteiger partial charge in [-0.2, -0.15) is 0 Å². The summed E-state index contributed by atoms with van der Waals surface area (Å²) in [6.45, 7) is 2.55. The lowest BCUT2D eigenvalue weighted by molar-refractivity contribution is 0.476. The van der Waals surface area contributed by atoms with Crippen molar-refractivity contribution in [3.8, 4) is 11.8 Å². The Hall–Kier alpha value is -1.53. The number of hydrogen-bond donors (Lipinski definition) is 2. The van der Waals surface area contributed by atoms with E-state index in [9.17, 15) is 4.79 Å². The highest BCUT2D eigenvalue weighted by molar-refractivity contribution is 5.26. The molecule has 2 rings (SSSR count). The molecule has 16 heavy (non-hydrogen) atoms. The molecule has 0 saturated heterocycles. The number of aromatic nitrogens is 1. The third kappa shape index (κ3) is 2.34. The lowest BCUT2D eigenvalue weighted by Crippen LogP contribution is -2.27. The van der Waals surface area contributed by atoms with E-state index in [-0.39, 0.29) is 5.56 Å². The van der Waals surface area contributed by atoms with Crippen molar-refractivity contribution in [2.75, 3.05) is 6.54 Å². The molecule has 0 aliphatic heterocycles. The first-order chi connectivity index (χ1) is 7.81. The second kappa shape index (κ2) is 5.00. The van der Waals surface area contributed by atoms with E-state index in [1.54, 1.807) is 6.07 Å². The van der Waals surface area contributed by atoms with Crippen LogP contribution in [-0.2, 0) is 6.42 Å². The standard InChI is InChI=1S/C13H16N2O/c1-2-3-9-14-11-5-4-6-12-10(11)7-8-13(16)15-12/h7-8,11,14H,4-6,9H2,1H3,(H,15,16). The van der Waals surface area contributed by atoms with Crippen LogP contribution in [0.4, 0.5) is 0 Å². The highest BCUT2D eigenvalue weighted by atomic mass is 16.1. The molecule has 1 aliphatic rings. The molecule has 1 heterocycles. The van der Waals surface area contributed by atoms with Gasteiger partial charge in [0.25, 0.3) is 0 Å². The van der Waals surface area contributed by atoms with Crippen LogP contribution in [0.2, 0.25) is 0 Å². The van der Waals surface area contributed by atoms with E-state index >= 15 is 0 Å². The van der Waals surface area contributed by atoms with Gasteiger partial charge in [-0.15, -0.1) is 5.92 Å². The van der Waals surface area contributed by atoms with Gasteiger partial charge >= 0.3 is 0 Å². The Balaban J connectivity index is 2.18. The van der Waals surface area contributed by atoms with Crippen LogP contribution in [-0.4, -0.2) is 11.5 Å². The minimum Gasteiger partial charge on any atom is -0.326 e. The summed E-state index contributed by atoms with van der Waals surface area (Å²) in [4.78, 5) is 14.1. The van der Waals surface area contributed by atoms with Gasteiger partial charge in [0, 0.05) is 17.8 Å². The van der Waals surface area contributed by atoms with Crippen molar-refractivity contribution < 1.29 is 0 Å². The number of fused-ring (bicyclic) bond motifs is 1. The van der Waals surface area contributed by atoms with Gasteiger partial charge in [-0.05, 0) is 31.7 Å². The first kappa shape index (κ1) is 11.0. The van der Waals surface area contributed by atoms with Crippen molar-refractivity contribution in [3.63, 3.8) is 0 Å². The number of rotatable bonds is 2. The van der Waals surface area contributed by atoms with Crippen LogP contribution in [0.25, 0.3) is 0 Å². The van der Waals surface area contributed by atoms with Crippen LogP contribution in [0.15, 0.2) is 16.9 Å². The molecule has 0 amide bonds. The predicted molar refractivity (Wildman–Crippen MR) is 64.2 cm³/mol. The highest BCUT2D eigenvalue weighted by Gasteiger charge is 2.19. The maximum atomic E-state index is 11.2. The summed E-state index contributed by atoms with van der Waals surface area (Å²) in [7, 11) is 0. The largest absolute Gasteiger partial charge is 0.326 e. The van der Waals surface area contributed by atoms with Crippen LogP contribution in [0.1, 0.15) is 37.1 Å². The molecule has 1 aromatic heterocycles. The Morgan fingerprint density at radius 1 is 1.56 bits per heavy atom. The fourth-order valence-electron chi connectivity index (χ4n) is 2.18. The number of pyridine rings is 1. The van der Waals surface area contributed by atoms with E-state index in [1.807, 2.05) is 13.0 Å². The Morgan fingerprint density at radius 2 is 2.44 bits per heavy atom. The highest BCUT2D eigenvalue weighted by Crippen LogP contribution is 2.26. The van der Waals surface area contributed by atoms with Crippen molar-refractivity contribution in [2.45, 2.75) is 32.2 Å². The van der Waals surface area contributed by atoms with Crippen LogP contribution in [0.5, 0.6) is 0 Å². The van der Waals surface area contributed by atoms with Crippen LogP contribution >= 0.6 is 0 Å². The molecular weight excluding hydrogens is 200 g/mol. The van der Waals surface area contributed by atoms with Crippen molar-refractivity contribution in [3.05, 3.63) is 33.7 Å². The summed E-state index contributed by atoms with van der Waals surface area (Å²) in [5.74, 6) is 5.87. The quantitative estimate of drug-likeness (QED) is 0.733. The van der Waals surface area contributed by atoms with Gasteiger partial charge in [0.1, 0.15) is 0 Å². The van der Waals surface area contributed by atoms with Gasteiger partial charge in [-0.1, -0.05) is 12.0 Å². The van der Waals surface area contributed by atoms with E-state index in [0.717, 1.165) is 25.0 Å². The summed E-state index contributed by atoms with van der Waals surface area (Å²) in [5, 5.41) is 3.40. The molecule has 0 spiro atoms. The molecule has 0 saturated carbocycles. The molecule has 1 unspecified atom stereocenters. The molecule has 1 aliphatic carbocycles. The topological polar surface area (TPSA) is 44.9 Å². The van der Waals surface area contributed by atoms with Gasteiger partial charge in [0.15, 0.2) is 0 Å². The monoisotopic (exact) mass is 216 g/mol. The zero-order valence-corrected chi connectivity index (χ0v) is 9.47. The van der Waals surface area contributed by atoms with Crippen molar-refractivity contribution in [2.24, 2.45) is 0 Å². The van der Waals surface area contributed by atoms with Gasteiger partial charge in [0.2, 0.25) is 5.56 Å². The van der Waals surface area contributed by atoms with E-state index in [0.29, 0.717) is 12.6 Å². The summed E-state index contributed by atoms with van der Waals surface area (Å²) in [6.07, 6.45) is 3.21. The number of aryl methyl sites for hydroxylation is 1. The molecule has 0 radical (unpaired) electrons. The average Bonchev–Trinajstić information content (AvgIpc) is 2.29. The SMILES string of the molecule is CC#CCNC1CCCc2[nH]c(=O)ccc21. The molecule has 84 valence electrons. The molecule has 0 fully saturated rings. The lowest BCUT2D eigenvalue weighted by Gasteiger charge is -2.25. The van der Waals surface area contributed by atoms with E-state index in [2.05, 4.69) is 22.1 Å². The van der Waals surface area contributed by atoms with Gasteiger partial charge in [-0.3, -0.25) is 10.1 Å². The van der Waals surface area contributed by atoms with Gasteiger partial charge < -0.3 is 4.98 Å². The lowest BCUT2D eigenvalue weighted by atomic mass is 9.91. The number of nitrogens with one attached hydrogen (secondary N) is 2. The predicted octanol–water partition coefficient (Wildman–Crippen LogP) is 1.37. The van der Waals surface area contributed by atoms with Crippen LogP contribution < -0.4 is 10.9 Å². The van der Waals surface area contributed by atoms with E-state index in [1.165, 1.54) is 5.56 Å². The number of aromatic amines is 1. The number of H-pyrrole nitrogens is 1. The molecule has 0 aromatic carbocycles. The third-order valence-electron chi connectivity index (χ3n) is 2.95. The zero-order chi connectivity index (χ0) is 11.4. The minimum atomic E-state index is -0.00671. The maximum absolute atomic E-state index is 11.2. The molecule has 2 N–H and O–H groups in total. The molecule has 0 bridgehead atoms. The molecule has 1 aromatic rings. The molecule has 1 atom stereocenters. The Labute approximate surface area is 95.3 Å². The third-order valence-corrected chi connectivity index (χ3v) is 2.95. The first-order valence-electron chi connectivity index (χ1n) is 5.66.